The van der Waals surface area contributed by atoms with Gasteiger partial charge < -0.3 is 24.5 Å². The summed E-state index contributed by atoms with van der Waals surface area (Å²) in [5.74, 6) is 0.296. The molecule has 1 fully saturated rings. The van der Waals surface area contributed by atoms with Crippen LogP contribution in [0.25, 0.3) is 11.1 Å². The van der Waals surface area contributed by atoms with Crippen LogP contribution in [0.5, 0.6) is 17.4 Å². The molecule has 130 valence electrons. The van der Waals surface area contributed by atoms with Crippen LogP contribution < -0.4 is 0 Å². The van der Waals surface area contributed by atoms with Crippen LogP contribution in [0.1, 0.15) is 30.9 Å². The number of imidazole rings is 1. The largest absolute Gasteiger partial charge is 0.508 e. The maximum atomic E-state index is 10.5. The summed E-state index contributed by atoms with van der Waals surface area (Å²) in [6, 6.07) is 6.81. The summed E-state index contributed by atoms with van der Waals surface area (Å²) in [7, 11) is 0. The number of rotatable bonds is 6. The zero-order chi connectivity index (χ0) is 17.4. The smallest absolute Gasteiger partial charge is 0.235 e. The molecule has 6 nitrogen and oxygen atoms in total. The Kier molecular flexibility index (Phi) is 3.87. The topological polar surface area (TPSA) is 83.4 Å². The molecule has 0 bridgehead atoms. The van der Waals surface area contributed by atoms with Crippen LogP contribution in [0.4, 0.5) is 0 Å². The van der Waals surface area contributed by atoms with Crippen molar-refractivity contribution in [1.29, 1.82) is 0 Å². The van der Waals surface area contributed by atoms with Gasteiger partial charge in [-0.25, -0.2) is 4.98 Å². The molecule has 4 rings (SSSR count). The molecule has 25 heavy (non-hydrogen) atoms. The minimum atomic E-state index is -0.102. The summed E-state index contributed by atoms with van der Waals surface area (Å²) < 4.78 is 3.82. The molecule has 1 aliphatic carbocycles. The highest BCUT2D eigenvalue weighted by Crippen LogP contribution is 2.52. The first-order valence-corrected chi connectivity index (χ1v) is 8.54. The average Bonchev–Trinajstić information content (AvgIpc) is 3.25. The highest BCUT2D eigenvalue weighted by Gasteiger charge is 2.34. The van der Waals surface area contributed by atoms with Gasteiger partial charge in [-0.3, -0.25) is 0 Å². The molecule has 0 aliphatic heterocycles. The number of phenols is 1. The maximum absolute atomic E-state index is 10.5. The lowest BCUT2D eigenvalue weighted by molar-refractivity contribution is 0.365. The van der Waals surface area contributed by atoms with E-state index in [1.807, 2.05) is 21.4 Å². The minimum absolute atomic E-state index is 0.0918. The van der Waals surface area contributed by atoms with Gasteiger partial charge in [-0.1, -0.05) is 12.1 Å². The Morgan fingerprint density at radius 3 is 2.64 bits per heavy atom. The monoisotopic (exact) mass is 339 g/mol. The molecular weight excluding hydrogens is 318 g/mol. The van der Waals surface area contributed by atoms with Crippen LogP contribution in [0.3, 0.4) is 0 Å². The molecule has 1 saturated carbocycles. The van der Waals surface area contributed by atoms with E-state index in [9.17, 15) is 15.3 Å². The Bertz CT molecular complexity index is 880. The number of benzene rings is 1. The second kappa shape index (κ2) is 6.20. The number of phenolic OH excluding ortho intramolecular Hbond substituents is 1. The highest BCUT2D eigenvalue weighted by molar-refractivity contribution is 5.78. The fourth-order valence-electron chi connectivity index (χ4n) is 3.39. The molecular formula is C19H21N3O3. The van der Waals surface area contributed by atoms with E-state index in [1.165, 1.54) is 0 Å². The predicted octanol–water partition coefficient (Wildman–Crippen LogP) is 3.44. The number of aromatic nitrogens is 3. The Morgan fingerprint density at radius 1 is 1.12 bits per heavy atom. The zero-order valence-electron chi connectivity index (χ0n) is 13.8. The molecule has 0 atom stereocenters. The summed E-state index contributed by atoms with van der Waals surface area (Å²) in [6.07, 6.45) is 8.35. The van der Waals surface area contributed by atoms with E-state index in [4.69, 9.17) is 0 Å². The summed E-state index contributed by atoms with van der Waals surface area (Å²) in [4.78, 5) is 4.03. The number of hydrogen-bond donors (Lipinski definition) is 3. The lowest BCUT2D eigenvalue weighted by Crippen LogP contribution is -2.06. The van der Waals surface area contributed by atoms with Crippen molar-refractivity contribution >= 4 is 0 Å². The molecule has 0 spiro atoms. The van der Waals surface area contributed by atoms with Crippen LogP contribution in [-0.4, -0.2) is 29.4 Å². The van der Waals surface area contributed by atoms with Gasteiger partial charge in [0.2, 0.25) is 5.88 Å². The molecule has 3 aromatic rings. The van der Waals surface area contributed by atoms with Crippen LogP contribution in [0.2, 0.25) is 0 Å². The molecule has 1 aromatic carbocycles. The Labute approximate surface area is 145 Å². The molecule has 0 unspecified atom stereocenters. The van der Waals surface area contributed by atoms with E-state index in [0.717, 1.165) is 37.1 Å². The highest BCUT2D eigenvalue weighted by atomic mass is 16.3. The quantitative estimate of drug-likeness (QED) is 0.642. The number of hydrogen-bond acceptors (Lipinski definition) is 4. The van der Waals surface area contributed by atoms with Gasteiger partial charge in [0.15, 0.2) is 5.75 Å². The van der Waals surface area contributed by atoms with Crippen LogP contribution in [-0.2, 0) is 13.1 Å². The third-order valence-electron chi connectivity index (χ3n) is 4.71. The SMILES string of the molecule is Oc1cccc(-c2c(O)c(O)n(CCCn3ccnc3)c2C2CC2)c1. The molecule has 0 radical (unpaired) electrons. The van der Waals surface area contributed by atoms with Crippen molar-refractivity contribution < 1.29 is 15.3 Å². The normalized spacial score (nSPS) is 14.1. The minimum Gasteiger partial charge on any atom is -0.508 e. The predicted molar refractivity (Wildman–Crippen MR) is 93.7 cm³/mol. The van der Waals surface area contributed by atoms with Crippen molar-refractivity contribution in [3.05, 3.63) is 48.7 Å². The van der Waals surface area contributed by atoms with Crippen molar-refractivity contribution in [1.82, 2.24) is 14.1 Å². The van der Waals surface area contributed by atoms with Gasteiger partial charge in [0, 0.05) is 42.7 Å². The van der Waals surface area contributed by atoms with Crippen LogP contribution in [0, 0.1) is 0 Å². The first kappa shape index (κ1) is 15.6. The third kappa shape index (κ3) is 2.95. The zero-order valence-corrected chi connectivity index (χ0v) is 13.8. The van der Waals surface area contributed by atoms with Gasteiger partial charge >= 0.3 is 0 Å². The first-order chi connectivity index (χ1) is 12.1. The van der Waals surface area contributed by atoms with Gasteiger partial charge in [-0.15, -0.1) is 0 Å². The lowest BCUT2D eigenvalue weighted by atomic mass is 10.0. The molecule has 6 heteroatoms. The molecule has 1 aliphatic rings. The van der Waals surface area contributed by atoms with Crippen LogP contribution >= 0.6 is 0 Å². The van der Waals surface area contributed by atoms with E-state index < -0.39 is 0 Å². The fraction of sp³-hybridized carbons (Fsp3) is 0.316. The van der Waals surface area contributed by atoms with Crippen molar-refractivity contribution in [2.24, 2.45) is 0 Å². The van der Waals surface area contributed by atoms with Crippen molar-refractivity contribution in [3.63, 3.8) is 0 Å². The molecule has 0 amide bonds. The maximum Gasteiger partial charge on any atom is 0.235 e. The van der Waals surface area contributed by atoms with E-state index in [-0.39, 0.29) is 17.4 Å². The van der Waals surface area contributed by atoms with Crippen molar-refractivity contribution in [2.45, 2.75) is 38.3 Å². The molecule has 3 N–H and O–H groups in total. The van der Waals surface area contributed by atoms with E-state index in [0.29, 0.717) is 18.0 Å². The lowest BCUT2D eigenvalue weighted by Gasteiger charge is -2.11. The Hall–Kier alpha value is -2.89. The third-order valence-corrected chi connectivity index (χ3v) is 4.71. The number of nitrogens with zero attached hydrogens (tertiary/aromatic N) is 3. The first-order valence-electron chi connectivity index (χ1n) is 8.54. The van der Waals surface area contributed by atoms with Crippen molar-refractivity contribution in [3.8, 4) is 28.5 Å². The van der Waals surface area contributed by atoms with Gasteiger partial charge in [-0.2, -0.15) is 0 Å². The second-order valence-electron chi connectivity index (χ2n) is 6.56. The Balaban J connectivity index is 1.68. The summed E-state index contributed by atoms with van der Waals surface area (Å²) in [6.45, 7) is 1.41. The number of aryl methyl sites for hydroxylation is 1. The van der Waals surface area contributed by atoms with E-state index in [1.54, 1.807) is 30.7 Å². The standard InChI is InChI=1S/C19H21N3O3/c23-15-4-1-3-14(11-15)16-17(13-5-6-13)22(19(25)18(16)24)9-2-8-21-10-7-20-12-21/h1,3-4,7,10-13,23-25H,2,5-6,8-9H2. The number of aromatic hydroxyl groups is 3. The van der Waals surface area contributed by atoms with Crippen molar-refractivity contribution in [2.75, 3.05) is 0 Å². The van der Waals surface area contributed by atoms with Gasteiger partial charge in [0.1, 0.15) is 5.75 Å². The molecule has 2 aromatic heterocycles. The average molecular weight is 339 g/mol. The van der Waals surface area contributed by atoms with E-state index >= 15 is 0 Å². The van der Waals surface area contributed by atoms with Crippen LogP contribution in [0.15, 0.2) is 43.0 Å². The Morgan fingerprint density at radius 2 is 1.96 bits per heavy atom. The summed E-state index contributed by atoms with van der Waals surface area (Å²) in [5, 5.41) is 30.8. The molecule has 0 saturated heterocycles. The second-order valence-corrected chi connectivity index (χ2v) is 6.56. The summed E-state index contributed by atoms with van der Waals surface area (Å²) >= 11 is 0. The molecule has 2 heterocycles. The summed E-state index contributed by atoms with van der Waals surface area (Å²) in [5.41, 5.74) is 2.33. The van der Waals surface area contributed by atoms with Gasteiger partial charge in [0.05, 0.1) is 6.33 Å². The van der Waals surface area contributed by atoms with Gasteiger partial charge in [-0.05, 0) is 37.0 Å². The fourth-order valence-corrected chi connectivity index (χ4v) is 3.39. The van der Waals surface area contributed by atoms with E-state index in [2.05, 4.69) is 4.98 Å². The van der Waals surface area contributed by atoms with Gasteiger partial charge in [0.25, 0.3) is 0 Å².